The second-order valence-electron chi connectivity index (χ2n) is 9.20. The van der Waals surface area contributed by atoms with Gasteiger partial charge in [-0.1, -0.05) is 50.2 Å². The first kappa shape index (κ1) is 30.2. The number of anilines is 2. The van der Waals surface area contributed by atoms with E-state index in [-0.39, 0.29) is 10.9 Å². The quantitative estimate of drug-likeness (QED) is 0.233. The fraction of sp³-hybridized carbons (Fsp3) is 0.241. The lowest BCUT2D eigenvalue weighted by molar-refractivity contribution is -0.113. The first-order valence-electron chi connectivity index (χ1n) is 12.8. The number of benzene rings is 3. The predicted molar refractivity (Wildman–Crippen MR) is 157 cm³/mol. The van der Waals surface area contributed by atoms with Gasteiger partial charge in [-0.05, 0) is 89.7 Å². The number of hydrogen-bond acceptors (Lipinski definition) is 6. The molecular formula is C29H28F3N3O4S2. The Morgan fingerprint density at radius 1 is 0.927 bits per heavy atom. The average molecular weight is 604 g/mol. The number of hydrogen-bond donors (Lipinski definition) is 2. The van der Waals surface area contributed by atoms with Gasteiger partial charge in [-0.25, -0.2) is 0 Å². The number of carbonyl (C=O) groups is 1. The van der Waals surface area contributed by atoms with Crippen molar-refractivity contribution in [3.63, 3.8) is 0 Å². The van der Waals surface area contributed by atoms with Gasteiger partial charge in [0.25, 0.3) is 5.91 Å². The number of carbonyl (C=O) groups excluding carboxylic acids is 1. The van der Waals surface area contributed by atoms with E-state index in [0.29, 0.717) is 28.9 Å². The van der Waals surface area contributed by atoms with Crippen molar-refractivity contribution in [2.24, 2.45) is 4.99 Å². The second-order valence-corrected chi connectivity index (χ2v) is 11.9. The molecule has 0 aliphatic carbocycles. The Hall–Kier alpha value is -3.77. The number of aliphatic imine (C=N–C) groups is 1. The summed E-state index contributed by atoms with van der Waals surface area (Å²) in [7, 11) is -5.51. The Morgan fingerprint density at radius 2 is 1.54 bits per heavy atom. The maximum atomic E-state index is 12.5. The van der Waals surface area contributed by atoms with Crippen LogP contribution < -0.4 is 14.8 Å². The molecule has 0 spiro atoms. The van der Waals surface area contributed by atoms with Gasteiger partial charge >= 0.3 is 15.5 Å². The molecule has 1 amide bonds. The maximum Gasteiger partial charge on any atom is 0.516 e. The number of nitrogens with zero attached hydrogens (tertiary/aromatic N) is 1. The zero-order valence-electron chi connectivity index (χ0n) is 22.2. The first-order chi connectivity index (χ1) is 19.5. The number of thioether (sulfide) groups is 1. The van der Waals surface area contributed by atoms with E-state index in [0.717, 1.165) is 47.9 Å². The van der Waals surface area contributed by atoms with Crippen molar-refractivity contribution in [3.8, 4) is 5.75 Å². The van der Waals surface area contributed by atoms with Gasteiger partial charge in [0.05, 0.1) is 4.91 Å². The summed E-state index contributed by atoms with van der Waals surface area (Å²) < 4.78 is 67.5. The van der Waals surface area contributed by atoms with Crippen LogP contribution in [0.15, 0.2) is 82.7 Å². The Labute approximate surface area is 241 Å². The highest BCUT2D eigenvalue weighted by Crippen LogP contribution is 2.31. The number of ether oxygens (including phenoxy) is 1. The minimum atomic E-state index is -5.51. The standard InChI is InChI=1S/C29H28F3N3O4S2/c1-3-21(4-2)22-9-5-20(6-10-22)18-39-25-15-7-19(8-16-25)17-26-27(36)34-28(40-26)33-23-11-13-24(14-12-23)35-41(37,38)29(30,31)32/h5-17,21,35H,3-4,18H2,1-2H3,(H,33,34,36)/b26-17-. The van der Waals surface area contributed by atoms with E-state index < -0.39 is 21.4 Å². The Kier molecular flexibility index (Phi) is 9.44. The Bertz CT molecular complexity index is 1530. The van der Waals surface area contributed by atoms with Crippen LogP contribution in [-0.2, 0) is 21.4 Å². The molecule has 1 heterocycles. The topological polar surface area (TPSA) is 96.9 Å². The summed E-state index contributed by atoms with van der Waals surface area (Å²) >= 11 is 1.10. The molecular weight excluding hydrogens is 575 g/mol. The zero-order valence-corrected chi connectivity index (χ0v) is 23.9. The number of alkyl halides is 3. The number of sulfonamides is 1. The number of halogens is 3. The SMILES string of the molecule is CCC(CC)c1ccc(COc2ccc(/C=C3\SC(Nc4ccc(NS(=O)(=O)C(F)(F)F)cc4)=NC3=O)cc2)cc1. The molecule has 0 radical (unpaired) electrons. The van der Waals surface area contributed by atoms with E-state index in [2.05, 4.69) is 48.4 Å². The van der Waals surface area contributed by atoms with Crippen LogP contribution >= 0.6 is 11.8 Å². The fourth-order valence-corrected chi connectivity index (χ4v) is 5.44. The number of rotatable bonds is 10. The molecule has 3 aromatic carbocycles. The fourth-order valence-electron chi connectivity index (χ4n) is 4.05. The summed E-state index contributed by atoms with van der Waals surface area (Å²) in [5, 5.41) is 3.17. The lowest BCUT2D eigenvalue weighted by Crippen LogP contribution is -2.29. The van der Waals surface area contributed by atoms with Crippen LogP contribution in [0.3, 0.4) is 0 Å². The van der Waals surface area contributed by atoms with Gasteiger partial charge in [-0.2, -0.15) is 26.6 Å². The van der Waals surface area contributed by atoms with E-state index in [9.17, 15) is 26.4 Å². The molecule has 0 saturated heterocycles. The normalized spacial score (nSPS) is 14.8. The summed E-state index contributed by atoms with van der Waals surface area (Å²) in [6.45, 7) is 4.83. The third kappa shape index (κ3) is 7.92. The molecule has 0 atom stereocenters. The minimum Gasteiger partial charge on any atom is -0.489 e. The zero-order chi connectivity index (χ0) is 29.6. The van der Waals surface area contributed by atoms with Crippen molar-refractivity contribution in [2.75, 3.05) is 10.0 Å². The third-order valence-electron chi connectivity index (χ3n) is 6.33. The average Bonchev–Trinajstić information content (AvgIpc) is 3.28. The van der Waals surface area contributed by atoms with E-state index in [1.807, 2.05) is 24.3 Å². The molecule has 4 rings (SSSR count). The van der Waals surface area contributed by atoms with Gasteiger partial charge in [0.2, 0.25) is 0 Å². The van der Waals surface area contributed by atoms with E-state index in [4.69, 9.17) is 4.74 Å². The maximum absolute atomic E-state index is 12.5. The highest BCUT2D eigenvalue weighted by atomic mass is 32.2. The highest BCUT2D eigenvalue weighted by molar-refractivity contribution is 8.18. The lowest BCUT2D eigenvalue weighted by atomic mass is 9.93. The summed E-state index contributed by atoms with van der Waals surface area (Å²) in [6.07, 6.45) is 3.92. The molecule has 3 aromatic rings. The van der Waals surface area contributed by atoms with Crippen molar-refractivity contribution < 1.29 is 31.1 Å². The summed E-state index contributed by atoms with van der Waals surface area (Å²) in [4.78, 5) is 16.7. The van der Waals surface area contributed by atoms with Gasteiger partial charge in [-0.3, -0.25) is 9.52 Å². The molecule has 41 heavy (non-hydrogen) atoms. The van der Waals surface area contributed by atoms with Gasteiger partial charge in [0.1, 0.15) is 12.4 Å². The second kappa shape index (κ2) is 12.8. The van der Waals surface area contributed by atoms with Crippen LogP contribution in [0.5, 0.6) is 5.75 Å². The van der Waals surface area contributed by atoms with Crippen molar-refractivity contribution in [3.05, 3.63) is 94.4 Å². The molecule has 216 valence electrons. The van der Waals surface area contributed by atoms with Gasteiger partial charge < -0.3 is 10.1 Å². The summed E-state index contributed by atoms with van der Waals surface area (Å²) in [6, 6.07) is 20.9. The molecule has 1 aliphatic rings. The highest BCUT2D eigenvalue weighted by Gasteiger charge is 2.46. The molecule has 2 N–H and O–H groups in total. The van der Waals surface area contributed by atoms with Crippen molar-refractivity contribution >= 4 is 50.3 Å². The van der Waals surface area contributed by atoms with Crippen molar-refractivity contribution in [2.45, 2.75) is 44.7 Å². The molecule has 12 heteroatoms. The molecule has 0 fully saturated rings. The smallest absolute Gasteiger partial charge is 0.489 e. The number of amides is 1. The van der Waals surface area contributed by atoms with Crippen LogP contribution in [0.4, 0.5) is 24.5 Å². The van der Waals surface area contributed by atoms with Crippen molar-refractivity contribution in [1.29, 1.82) is 0 Å². The van der Waals surface area contributed by atoms with E-state index in [1.54, 1.807) is 6.08 Å². The first-order valence-corrected chi connectivity index (χ1v) is 15.1. The Morgan fingerprint density at radius 3 is 2.12 bits per heavy atom. The molecule has 0 aromatic heterocycles. The molecule has 0 saturated carbocycles. The van der Waals surface area contributed by atoms with Crippen LogP contribution in [0.25, 0.3) is 6.08 Å². The van der Waals surface area contributed by atoms with Crippen LogP contribution in [0.2, 0.25) is 0 Å². The largest absolute Gasteiger partial charge is 0.516 e. The number of nitrogens with one attached hydrogen (secondary N) is 2. The predicted octanol–water partition coefficient (Wildman–Crippen LogP) is 7.51. The van der Waals surface area contributed by atoms with Gasteiger partial charge in [0.15, 0.2) is 5.17 Å². The molecule has 0 bridgehead atoms. The van der Waals surface area contributed by atoms with Crippen LogP contribution in [0.1, 0.15) is 49.3 Å². The lowest BCUT2D eigenvalue weighted by Gasteiger charge is -2.13. The summed E-state index contributed by atoms with van der Waals surface area (Å²) in [5.41, 5.74) is -2.08. The van der Waals surface area contributed by atoms with Gasteiger partial charge in [0, 0.05) is 11.4 Å². The van der Waals surface area contributed by atoms with Crippen molar-refractivity contribution in [1.82, 2.24) is 0 Å². The molecule has 7 nitrogen and oxygen atoms in total. The molecule has 0 unspecified atom stereocenters. The van der Waals surface area contributed by atoms with E-state index >= 15 is 0 Å². The van der Waals surface area contributed by atoms with Crippen LogP contribution in [-0.4, -0.2) is 25.0 Å². The van der Waals surface area contributed by atoms with Gasteiger partial charge in [-0.15, -0.1) is 0 Å². The number of amidine groups is 1. The minimum absolute atomic E-state index is 0.257. The van der Waals surface area contributed by atoms with Crippen LogP contribution in [0, 0.1) is 0 Å². The van der Waals surface area contributed by atoms with E-state index in [1.165, 1.54) is 22.4 Å². The molecule has 1 aliphatic heterocycles. The Balaban J connectivity index is 1.30. The summed E-state index contributed by atoms with van der Waals surface area (Å²) in [5.74, 6) is 0.825. The monoisotopic (exact) mass is 603 g/mol. The third-order valence-corrected chi connectivity index (χ3v) is 8.35.